The molecule has 0 spiro atoms. The van der Waals surface area contributed by atoms with Crippen molar-refractivity contribution in [2.75, 3.05) is 6.61 Å². The van der Waals surface area contributed by atoms with Crippen LogP contribution in [0.1, 0.15) is 43.6 Å². The van der Waals surface area contributed by atoms with Crippen LogP contribution in [0.3, 0.4) is 0 Å². The van der Waals surface area contributed by atoms with E-state index < -0.39 is 30.0 Å². The highest BCUT2D eigenvalue weighted by molar-refractivity contribution is 5.79. The molecule has 0 aromatic carbocycles. The molecule has 0 unspecified atom stereocenters. The second-order valence-corrected chi connectivity index (χ2v) is 4.62. The minimum absolute atomic E-state index is 0.0479. The van der Waals surface area contributed by atoms with E-state index in [1.807, 2.05) is 0 Å². The Labute approximate surface area is 120 Å². The summed E-state index contributed by atoms with van der Waals surface area (Å²) in [5.74, 6) is -1.18. The number of aromatic nitrogens is 2. The van der Waals surface area contributed by atoms with Crippen molar-refractivity contribution in [3.8, 4) is 0 Å². The van der Waals surface area contributed by atoms with Gasteiger partial charge in [0, 0.05) is 0 Å². The molecule has 0 aliphatic heterocycles. The van der Waals surface area contributed by atoms with Gasteiger partial charge in [0.1, 0.15) is 6.04 Å². The molecule has 1 heterocycles. The third-order valence-corrected chi connectivity index (χ3v) is 2.51. The van der Waals surface area contributed by atoms with Gasteiger partial charge in [0.25, 0.3) is 0 Å². The molecule has 0 saturated carbocycles. The smallest absolute Gasteiger partial charge is 0.249 e. The number of nitrogens with one attached hydrogen (secondary N) is 1. The number of nitrogens with zero attached hydrogens (tertiary/aromatic N) is 2. The van der Waals surface area contributed by atoms with E-state index in [1.54, 1.807) is 0 Å². The summed E-state index contributed by atoms with van der Waals surface area (Å²) < 4.78 is 4.92. The van der Waals surface area contributed by atoms with E-state index in [1.165, 1.54) is 6.92 Å². The minimum atomic E-state index is -0.916. The minimum Gasteiger partial charge on any atom is -0.394 e. The van der Waals surface area contributed by atoms with Gasteiger partial charge in [-0.1, -0.05) is 5.16 Å². The summed E-state index contributed by atoms with van der Waals surface area (Å²) >= 11 is 0. The zero-order chi connectivity index (χ0) is 16.0. The zero-order valence-electron chi connectivity index (χ0n) is 11.5. The molecule has 21 heavy (non-hydrogen) atoms. The molecule has 0 aliphatic rings. The molecule has 3 atom stereocenters. The molecule has 0 fully saturated rings. The quantitative estimate of drug-likeness (QED) is 0.361. The van der Waals surface area contributed by atoms with Crippen LogP contribution in [0, 0.1) is 0 Å². The van der Waals surface area contributed by atoms with Crippen molar-refractivity contribution in [1.82, 2.24) is 15.5 Å². The van der Waals surface area contributed by atoms with E-state index in [-0.39, 0.29) is 31.2 Å². The number of amides is 2. The number of hydrogen-bond donors (Lipinski definition) is 5. The molecule has 1 aromatic heterocycles. The summed E-state index contributed by atoms with van der Waals surface area (Å²) in [5.41, 5.74) is 10.6. The molecule has 1 rings (SSSR count). The van der Waals surface area contributed by atoms with Crippen LogP contribution in [-0.2, 0) is 9.59 Å². The average molecular weight is 301 g/mol. The Bertz CT molecular complexity index is 489. The Kier molecular flexibility index (Phi) is 6.21. The number of nitrogens with two attached hydrogens (primary N) is 2. The normalized spacial score (nSPS) is 15.2. The third-order valence-electron chi connectivity index (χ3n) is 2.51. The largest absolute Gasteiger partial charge is 0.394 e. The molecule has 0 radical (unpaired) electrons. The Morgan fingerprint density at radius 2 is 2.10 bits per heavy atom. The van der Waals surface area contributed by atoms with E-state index in [4.69, 9.17) is 26.2 Å². The monoisotopic (exact) mass is 301 g/mol. The lowest BCUT2D eigenvalue weighted by Gasteiger charge is -2.14. The van der Waals surface area contributed by atoms with Crippen molar-refractivity contribution >= 4 is 11.8 Å². The SMILES string of the molecule is C[C@@H](O)CC(=O)N[C@@H](CC(N)=O)c1nc([C@@H](N)CO)no1. The Morgan fingerprint density at radius 3 is 2.62 bits per heavy atom. The van der Waals surface area contributed by atoms with E-state index in [2.05, 4.69) is 15.5 Å². The van der Waals surface area contributed by atoms with Gasteiger partial charge in [0.05, 0.1) is 31.6 Å². The maximum absolute atomic E-state index is 11.6. The van der Waals surface area contributed by atoms with E-state index >= 15 is 0 Å². The predicted molar refractivity (Wildman–Crippen MR) is 69.3 cm³/mol. The van der Waals surface area contributed by atoms with Gasteiger partial charge in [-0.25, -0.2) is 0 Å². The molecule has 0 saturated heterocycles. The second-order valence-electron chi connectivity index (χ2n) is 4.62. The number of primary amides is 1. The first-order valence-corrected chi connectivity index (χ1v) is 6.29. The van der Waals surface area contributed by atoms with E-state index in [0.29, 0.717) is 0 Å². The van der Waals surface area contributed by atoms with Gasteiger partial charge < -0.3 is 31.5 Å². The molecule has 2 amide bonds. The summed E-state index contributed by atoms with van der Waals surface area (Å²) in [4.78, 5) is 26.6. The van der Waals surface area contributed by atoms with Gasteiger partial charge in [-0.15, -0.1) is 0 Å². The molecule has 0 aliphatic carbocycles. The number of carbonyl (C=O) groups excluding carboxylic acids is 2. The van der Waals surface area contributed by atoms with Gasteiger partial charge in [0.2, 0.25) is 17.7 Å². The topological polar surface area (TPSA) is 178 Å². The van der Waals surface area contributed by atoms with E-state index in [0.717, 1.165) is 0 Å². The van der Waals surface area contributed by atoms with Crippen LogP contribution in [0.25, 0.3) is 0 Å². The Hall–Kier alpha value is -2.04. The first-order valence-electron chi connectivity index (χ1n) is 6.29. The number of aliphatic hydroxyl groups is 2. The lowest BCUT2D eigenvalue weighted by Crippen LogP contribution is -2.33. The van der Waals surface area contributed by atoms with Crippen LogP contribution < -0.4 is 16.8 Å². The molecular formula is C11H19N5O5. The number of rotatable bonds is 8. The lowest BCUT2D eigenvalue weighted by atomic mass is 10.1. The van der Waals surface area contributed by atoms with Crippen LogP contribution in [0.2, 0.25) is 0 Å². The third kappa shape index (κ3) is 5.45. The van der Waals surface area contributed by atoms with Crippen LogP contribution in [0.4, 0.5) is 0 Å². The summed E-state index contributed by atoms with van der Waals surface area (Å²) in [6, 6.07) is -1.74. The van der Waals surface area contributed by atoms with Crippen LogP contribution in [-0.4, -0.2) is 44.9 Å². The van der Waals surface area contributed by atoms with Gasteiger partial charge >= 0.3 is 0 Å². The standard InChI is InChI=1S/C11H19N5O5/c1-5(18)2-9(20)14-7(3-8(13)19)11-15-10(16-21-11)6(12)4-17/h5-7,17-18H,2-4,12H2,1H3,(H2,13,19)(H,14,20)/t5-,6+,7+/m1/s1. The Morgan fingerprint density at radius 1 is 1.43 bits per heavy atom. The van der Waals surface area contributed by atoms with Gasteiger partial charge in [-0.05, 0) is 6.92 Å². The summed E-state index contributed by atoms with van der Waals surface area (Å²) in [7, 11) is 0. The van der Waals surface area contributed by atoms with Crippen molar-refractivity contribution in [3.05, 3.63) is 11.7 Å². The fourth-order valence-electron chi connectivity index (χ4n) is 1.54. The first-order chi connectivity index (χ1) is 9.83. The second kappa shape index (κ2) is 7.67. The molecular weight excluding hydrogens is 282 g/mol. The van der Waals surface area contributed by atoms with Gasteiger partial charge in [-0.3, -0.25) is 9.59 Å². The van der Waals surface area contributed by atoms with Crippen LogP contribution in [0.15, 0.2) is 4.52 Å². The average Bonchev–Trinajstić information content (AvgIpc) is 2.85. The Balaban J connectivity index is 2.84. The number of carbonyl (C=O) groups is 2. The number of hydrogen-bond acceptors (Lipinski definition) is 8. The maximum Gasteiger partial charge on any atom is 0.249 e. The van der Waals surface area contributed by atoms with Crippen molar-refractivity contribution in [1.29, 1.82) is 0 Å². The summed E-state index contributed by atoms with van der Waals surface area (Å²) in [6.07, 6.45) is -1.23. The summed E-state index contributed by atoms with van der Waals surface area (Å²) in [5, 5.41) is 24.1. The number of aliphatic hydroxyl groups excluding tert-OH is 2. The van der Waals surface area contributed by atoms with Gasteiger partial charge in [0.15, 0.2) is 5.82 Å². The van der Waals surface area contributed by atoms with Crippen LogP contribution in [0.5, 0.6) is 0 Å². The lowest BCUT2D eigenvalue weighted by molar-refractivity contribution is -0.124. The predicted octanol–water partition coefficient (Wildman–Crippen LogP) is -2.13. The van der Waals surface area contributed by atoms with Crippen molar-refractivity contribution < 1.29 is 24.3 Å². The highest BCUT2D eigenvalue weighted by Crippen LogP contribution is 2.17. The van der Waals surface area contributed by atoms with Crippen LogP contribution >= 0.6 is 0 Å². The van der Waals surface area contributed by atoms with Crippen molar-refractivity contribution in [2.24, 2.45) is 11.5 Å². The molecule has 10 nitrogen and oxygen atoms in total. The molecule has 0 bridgehead atoms. The molecule has 118 valence electrons. The van der Waals surface area contributed by atoms with Gasteiger partial charge in [-0.2, -0.15) is 4.98 Å². The molecule has 1 aromatic rings. The highest BCUT2D eigenvalue weighted by Gasteiger charge is 2.25. The summed E-state index contributed by atoms with van der Waals surface area (Å²) in [6.45, 7) is 1.07. The molecule has 7 N–H and O–H groups in total. The fraction of sp³-hybridized carbons (Fsp3) is 0.636. The van der Waals surface area contributed by atoms with E-state index in [9.17, 15) is 9.59 Å². The maximum atomic E-state index is 11.6. The van der Waals surface area contributed by atoms with Crippen molar-refractivity contribution in [2.45, 2.75) is 38.0 Å². The molecule has 10 heteroatoms. The van der Waals surface area contributed by atoms with Crippen molar-refractivity contribution in [3.63, 3.8) is 0 Å². The zero-order valence-corrected chi connectivity index (χ0v) is 11.5. The highest BCUT2D eigenvalue weighted by atomic mass is 16.5. The fourth-order valence-corrected chi connectivity index (χ4v) is 1.54. The first kappa shape index (κ1) is 17.0.